The first-order valence-electron chi connectivity index (χ1n) is 12.1. The topological polar surface area (TPSA) is 156 Å². The number of carbonyl (C=O) groups is 3. The monoisotopic (exact) mass is 594 g/mol. The lowest BCUT2D eigenvalue weighted by Gasteiger charge is -2.48. The number of hydrogen-bond acceptors (Lipinski definition) is 6. The van der Waals surface area contributed by atoms with Crippen LogP contribution in [0.3, 0.4) is 0 Å². The van der Waals surface area contributed by atoms with Crippen molar-refractivity contribution in [1.82, 2.24) is 19.8 Å². The van der Waals surface area contributed by atoms with Gasteiger partial charge in [0.1, 0.15) is 16.5 Å². The number of carboxylic acid groups (broad SMARTS) is 1. The SMILES string of the molecule is CC(C)C[C@@](NC(=O)O)(C(=O)N1CCN(C(=O)[C@H](CO)NS(=O)(=O)c2ccc(Cl)cc2Cl)CC1)C(C)(C)C. The smallest absolute Gasteiger partial charge is 0.405 e. The molecule has 0 bridgehead atoms. The number of aliphatic hydroxyl groups is 1. The first kappa shape index (κ1) is 32.1. The van der Waals surface area contributed by atoms with E-state index in [4.69, 9.17) is 23.2 Å². The molecular weight excluding hydrogens is 559 g/mol. The van der Waals surface area contributed by atoms with Gasteiger partial charge < -0.3 is 25.3 Å². The van der Waals surface area contributed by atoms with Crippen molar-refractivity contribution in [2.45, 2.75) is 57.5 Å². The lowest BCUT2D eigenvalue weighted by molar-refractivity contribution is -0.149. The maximum Gasteiger partial charge on any atom is 0.405 e. The van der Waals surface area contributed by atoms with Gasteiger partial charge in [-0.05, 0) is 36.0 Å². The molecule has 14 heteroatoms. The van der Waals surface area contributed by atoms with Gasteiger partial charge in [0.2, 0.25) is 21.8 Å². The van der Waals surface area contributed by atoms with Gasteiger partial charge in [-0.2, -0.15) is 4.72 Å². The predicted octanol–water partition coefficient (Wildman–Crippen LogP) is 2.40. The number of halogens is 2. The Balaban J connectivity index is 2.18. The summed E-state index contributed by atoms with van der Waals surface area (Å²) in [5, 5.41) is 21.9. The summed E-state index contributed by atoms with van der Waals surface area (Å²) in [6.45, 7) is 8.76. The largest absolute Gasteiger partial charge is 0.465 e. The van der Waals surface area contributed by atoms with Crippen molar-refractivity contribution in [3.8, 4) is 0 Å². The summed E-state index contributed by atoms with van der Waals surface area (Å²) in [6.07, 6.45) is -1.02. The number of benzene rings is 1. The summed E-state index contributed by atoms with van der Waals surface area (Å²) in [6, 6.07) is 2.31. The fourth-order valence-electron chi connectivity index (χ4n) is 4.53. The van der Waals surface area contributed by atoms with Gasteiger partial charge >= 0.3 is 6.09 Å². The molecule has 1 aromatic rings. The molecule has 0 unspecified atom stereocenters. The van der Waals surface area contributed by atoms with E-state index in [1.54, 1.807) is 20.8 Å². The van der Waals surface area contributed by atoms with Crippen LogP contribution in [0.2, 0.25) is 10.0 Å². The van der Waals surface area contributed by atoms with Crippen LogP contribution in [-0.4, -0.2) is 90.7 Å². The molecule has 1 aliphatic rings. The molecular formula is C24H36Cl2N4O7S. The van der Waals surface area contributed by atoms with E-state index in [9.17, 15) is 33.0 Å². The van der Waals surface area contributed by atoms with Crippen molar-refractivity contribution in [2.24, 2.45) is 11.3 Å². The van der Waals surface area contributed by atoms with E-state index in [1.165, 1.54) is 28.0 Å². The number of hydrogen-bond donors (Lipinski definition) is 4. The minimum atomic E-state index is -4.26. The third-order valence-electron chi connectivity index (χ3n) is 6.52. The Morgan fingerprint density at radius 2 is 1.61 bits per heavy atom. The number of nitrogens with zero attached hydrogens (tertiary/aromatic N) is 2. The van der Waals surface area contributed by atoms with Gasteiger partial charge in [0.15, 0.2) is 0 Å². The molecule has 4 N–H and O–H groups in total. The van der Waals surface area contributed by atoms with Crippen molar-refractivity contribution in [3.63, 3.8) is 0 Å². The lowest BCUT2D eigenvalue weighted by atomic mass is 9.68. The zero-order chi connectivity index (χ0) is 29.1. The second kappa shape index (κ2) is 12.4. The third kappa shape index (κ3) is 7.29. The molecule has 3 amide bonds. The number of piperazine rings is 1. The highest BCUT2D eigenvalue weighted by atomic mass is 35.5. The van der Waals surface area contributed by atoms with Crippen molar-refractivity contribution >= 4 is 51.1 Å². The molecule has 0 radical (unpaired) electrons. The van der Waals surface area contributed by atoms with Crippen LogP contribution in [0.15, 0.2) is 23.1 Å². The maximum absolute atomic E-state index is 13.7. The Morgan fingerprint density at radius 3 is 2.05 bits per heavy atom. The molecule has 1 heterocycles. The first-order valence-corrected chi connectivity index (χ1v) is 14.4. The Bertz CT molecular complexity index is 1150. The fraction of sp³-hybridized carbons (Fsp3) is 0.625. The molecule has 1 aliphatic heterocycles. The van der Waals surface area contributed by atoms with Crippen LogP contribution in [0.4, 0.5) is 4.79 Å². The maximum atomic E-state index is 13.7. The van der Waals surface area contributed by atoms with Gasteiger partial charge in [-0.3, -0.25) is 9.59 Å². The minimum absolute atomic E-state index is 0.0142. The Kier molecular flexibility index (Phi) is 10.5. The van der Waals surface area contributed by atoms with Gasteiger partial charge in [-0.25, -0.2) is 13.2 Å². The van der Waals surface area contributed by atoms with Crippen molar-refractivity contribution in [2.75, 3.05) is 32.8 Å². The van der Waals surface area contributed by atoms with Crippen LogP contribution in [0.1, 0.15) is 41.0 Å². The normalized spacial score (nSPS) is 17.2. The summed E-state index contributed by atoms with van der Waals surface area (Å²) in [4.78, 5) is 41.1. The van der Waals surface area contributed by atoms with E-state index >= 15 is 0 Å². The zero-order valence-corrected chi connectivity index (χ0v) is 24.5. The zero-order valence-electron chi connectivity index (χ0n) is 22.1. The average Bonchev–Trinajstić information content (AvgIpc) is 2.79. The molecule has 1 saturated heterocycles. The molecule has 38 heavy (non-hydrogen) atoms. The van der Waals surface area contributed by atoms with Crippen molar-refractivity contribution in [1.29, 1.82) is 0 Å². The molecule has 0 saturated carbocycles. The van der Waals surface area contributed by atoms with Crippen LogP contribution in [-0.2, 0) is 19.6 Å². The molecule has 0 aliphatic carbocycles. The van der Waals surface area contributed by atoms with Gasteiger partial charge in [0, 0.05) is 31.2 Å². The number of amides is 3. The van der Waals surface area contributed by atoms with Crippen molar-refractivity contribution in [3.05, 3.63) is 28.2 Å². The van der Waals surface area contributed by atoms with Gasteiger partial charge in [-0.1, -0.05) is 57.8 Å². The van der Waals surface area contributed by atoms with E-state index in [2.05, 4.69) is 10.0 Å². The number of carbonyl (C=O) groups excluding carboxylic acids is 2. The molecule has 11 nitrogen and oxygen atoms in total. The molecule has 0 aromatic heterocycles. The van der Waals surface area contributed by atoms with Crippen LogP contribution < -0.4 is 10.0 Å². The third-order valence-corrected chi connectivity index (χ3v) is 8.71. The predicted molar refractivity (Wildman–Crippen MR) is 144 cm³/mol. The van der Waals surface area contributed by atoms with Crippen LogP contribution in [0.25, 0.3) is 0 Å². The Hall–Kier alpha value is -2.12. The number of rotatable bonds is 9. The highest BCUT2D eigenvalue weighted by molar-refractivity contribution is 7.89. The second-order valence-electron chi connectivity index (χ2n) is 10.7. The lowest BCUT2D eigenvalue weighted by Crippen LogP contribution is -2.68. The highest BCUT2D eigenvalue weighted by Crippen LogP contribution is 2.38. The van der Waals surface area contributed by atoms with Crippen LogP contribution in [0, 0.1) is 11.3 Å². The standard InChI is InChI=1S/C24H36Cl2N4O7S/c1-15(2)13-24(23(3,4)5,27-22(34)35)21(33)30-10-8-29(9-11-30)20(32)18(14-31)28-38(36,37)19-7-6-16(25)12-17(19)26/h6-7,12,15,18,27-28,31H,8-11,13-14H2,1-5H3,(H,34,35)/t18-,24+/m0/s1. The Morgan fingerprint density at radius 1 is 1.05 bits per heavy atom. The van der Waals surface area contributed by atoms with Gasteiger partial charge in [0.25, 0.3) is 0 Å². The average molecular weight is 596 g/mol. The quantitative estimate of drug-likeness (QED) is 0.342. The summed E-state index contributed by atoms with van der Waals surface area (Å²) < 4.78 is 27.8. The van der Waals surface area contributed by atoms with E-state index in [-0.39, 0.29) is 59.4 Å². The minimum Gasteiger partial charge on any atom is -0.465 e. The fourth-order valence-corrected chi connectivity index (χ4v) is 6.48. The van der Waals surface area contributed by atoms with E-state index in [0.29, 0.717) is 0 Å². The molecule has 1 fully saturated rings. The molecule has 2 rings (SSSR count). The van der Waals surface area contributed by atoms with Gasteiger partial charge in [-0.15, -0.1) is 0 Å². The molecule has 1 aromatic carbocycles. The van der Waals surface area contributed by atoms with Crippen molar-refractivity contribution < 1.29 is 33.0 Å². The Labute approximate surface area is 233 Å². The number of aliphatic hydroxyl groups excluding tert-OH is 1. The summed E-state index contributed by atoms with van der Waals surface area (Å²) in [7, 11) is -4.26. The number of nitrogens with one attached hydrogen (secondary N) is 2. The molecule has 0 spiro atoms. The summed E-state index contributed by atoms with van der Waals surface area (Å²) in [5.41, 5.74) is -2.14. The van der Waals surface area contributed by atoms with E-state index in [1.807, 2.05) is 13.8 Å². The number of sulfonamides is 1. The van der Waals surface area contributed by atoms with Crippen LogP contribution in [0.5, 0.6) is 0 Å². The van der Waals surface area contributed by atoms with Gasteiger partial charge in [0.05, 0.1) is 11.6 Å². The van der Waals surface area contributed by atoms with E-state index in [0.717, 1.165) is 0 Å². The first-order chi connectivity index (χ1) is 17.4. The highest BCUT2D eigenvalue weighted by Gasteiger charge is 2.52. The molecule has 214 valence electrons. The van der Waals surface area contributed by atoms with E-state index < -0.39 is 45.6 Å². The summed E-state index contributed by atoms with van der Waals surface area (Å²) >= 11 is 11.8. The second-order valence-corrected chi connectivity index (χ2v) is 13.3. The van der Waals surface area contributed by atoms with Crippen LogP contribution >= 0.6 is 23.2 Å². The summed E-state index contributed by atoms with van der Waals surface area (Å²) in [5.74, 6) is -1.04. The molecule has 2 atom stereocenters.